The van der Waals surface area contributed by atoms with Gasteiger partial charge in [0.15, 0.2) is 5.82 Å². The first kappa shape index (κ1) is 13.3. The van der Waals surface area contributed by atoms with Gasteiger partial charge in [0.1, 0.15) is 0 Å². The maximum absolute atomic E-state index is 10.8. The number of nitrogens with two attached hydrogens (primary N) is 1. The molecule has 4 N–H and O–H groups in total. The monoisotopic (exact) mass is 266 g/mol. The van der Waals surface area contributed by atoms with E-state index in [1.807, 2.05) is 0 Å². The van der Waals surface area contributed by atoms with Crippen molar-refractivity contribution in [1.29, 1.82) is 0 Å². The largest absolute Gasteiger partial charge is 0.481 e. The lowest BCUT2D eigenvalue weighted by molar-refractivity contribution is 0.134. The number of pyridine rings is 1. The van der Waals surface area contributed by atoms with Gasteiger partial charge in [0.05, 0.1) is 12.8 Å². The van der Waals surface area contributed by atoms with Crippen molar-refractivity contribution in [3.63, 3.8) is 0 Å². The molecule has 1 amide bonds. The molecular formula is C12H18N4O3. The third-order valence-electron chi connectivity index (χ3n) is 3.22. The van der Waals surface area contributed by atoms with E-state index in [0.29, 0.717) is 30.5 Å². The van der Waals surface area contributed by atoms with Crippen molar-refractivity contribution in [3.8, 4) is 5.88 Å². The Bertz CT molecular complexity index is 458. The molecule has 1 aromatic heterocycles. The first-order valence-corrected chi connectivity index (χ1v) is 6.15. The van der Waals surface area contributed by atoms with E-state index in [0.717, 1.165) is 12.8 Å². The van der Waals surface area contributed by atoms with E-state index in [4.69, 9.17) is 15.6 Å². The molecule has 0 radical (unpaired) electrons. The number of amides is 1. The minimum absolute atomic E-state index is 0.178. The molecule has 0 unspecified atom stereocenters. The van der Waals surface area contributed by atoms with Crippen molar-refractivity contribution < 1.29 is 14.6 Å². The summed E-state index contributed by atoms with van der Waals surface area (Å²) >= 11 is 0. The van der Waals surface area contributed by atoms with Crippen LogP contribution in [0.2, 0.25) is 0 Å². The number of rotatable bonds is 3. The molecule has 1 aromatic rings. The van der Waals surface area contributed by atoms with Crippen LogP contribution in [0, 0.1) is 0 Å². The number of methoxy groups -OCH3 is 1. The van der Waals surface area contributed by atoms with Gasteiger partial charge in [-0.2, -0.15) is 4.98 Å². The lowest BCUT2D eigenvalue weighted by Gasteiger charge is -2.30. The number of nitrogen functional groups attached to an aromatic ring is 1. The number of nitrogens with one attached hydrogen (secondary N) is 1. The van der Waals surface area contributed by atoms with E-state index in [2.05, 4.69) is 10.3 Å². The Kier molecular flexibility index (Phi) is 3.94. The van der Waals surface area contributed by atoms with Gasteiger partial charge in [0.25, 0.3) is 0 Å². The van der Waals surface area contributed by atoms with E-state index in [1.165, 1.54) is 4.90 Å². The number of ether oxygens (including phenoxy) is 1. The Hall–Kier alpha value is -2.18. The van der Waals surface area contributed by atoms with Crippen molar-refractivity contribution in [2.24, 2.45) is 0 Å². The van der Waals surface area contributed by atoms with Gasteiger partial charge in [-0.3, -0.25) is 0 Å². The first-order valence-electron chi connectivity index (χ1n) is 6.15. The van der Waals surface area contributed by atoms with Crippen LogP contribution in [0.4, 0.5) is 16.3 Å². The summed E-state index contributed by atoms with van der Waals surface area (Å²) in [5.41, 5.74) is 6.41. The maximum atomic E-state index is 10.8. The van der Waals surface area contributed by atoms with Crippen LogP contribution in [-0.4, -0.2) is 47.3 Å². The topological polar surface area (TPSA) is 101 Å². The van der Waals surface area contributed by atoms with Crippen LogP contribution < -0.4 is 15.8 Å². The van der Waals surface area contributed by atoms with Gasteiger partial charge in [0.2, 0.25) is 5.88 Å². The predicted octanol–water partition coefficient (Wildman–Crippen LogP) is 1.23. The number of hydrogen-bond acceptors (Lipinski definition) is 5. The third-order valence-corrected chi connectivity index (χ3v) is 3.22. The average Bonchev–Trinajstić information content (AvgIpc) is 2.42. The van der Waals surface area contributed by atoms with Gasteiger partial charge >= 0.3 is 6.09 Å². The SMILES string of the molecule is COc1ccc(N)c(NC2CCN(C(=O)O)CC2)n1. The van der Waals surface area contributed by atoms with Gasteiger partial charge in [-0.15, -0.1) is 0 Å². The van der Waals surface area contributed by atoms with Crippen LogP contribution >= 0.6 is 0 Å². The van der Waals surface area contributed by atoms with Crippen molar-refractivity contribution in [3.05, 3.63) is 12.1 Å². The van der Waals surface area contributed by atoms with Gasteiger partial charge in [-0.05, 0) is 18.9 Å². The number of likely N-dealkylation sites (tertiary alicyclic amines) is 1. The molecule has 0 aliphatic carbocycles. The van der Waals surface area contributed by atoms with E-state index < -0.39 is 6.09 Å². The molecular weight excluding hydrogens is 248 g/mol. The van der Waals surface area contributed by atoms with Crippen LogP contribution in [0.3, 0.4) is 0 Å². The van der Waals surface area contributed by atoms with Crippen molar-refractivity contribution in [2.75, 3.05) is 31.2 Å². The molecule has 0 spiro atoms. The summed E-state index contributed by atoms with van der Waals surface area (Å²) in [6, 6.07) is 3.62. The molecule has 0 aromatic carbocycles. The summed E-state index contributed by atoms with van der Waals surface area (Å²) in [6.45, 7) is 1.05. The van der Waals surface area contributed by atoms with E-state index in [1.54, 1.807) is 19.2 Å². The van der Waals surface area contributed by atoms with E-state index in [-0.39, 0.29) is 6.04 Å². The molecule has 2 rings (SSSR count). The smallest absolute Gasteiger partial charge is 0.407 e. The summed E-state index contributed by atoms with van der Waals surface area (Å²) in [5.74, 6) is 1.09. The van der Waals surface area contributed by atoms with Gasteiger partial charge in [0, 0.05) is 25.2 Å². The zero-order valence-corrected chi connectivity index (χ0v) is 10.8. The highest BCUT2D eigenvalue weighted by atomic mass is 16.5. The molecule has 0 bridgehead atoms. The maximum Gasteiger partial charge on any atom is 0.407 e. The van der Waals surface area contributed by atoms with Crippen LogP contribution in [-0.2, 0) is 0 Å². The van der Waals surface area contributed by atoms with Crippen molar-refractivity contribution in [2.45, 2.75) is 18.9 Å². The third kappa shape index (κ3) is 3.18. The summed E-state index contributed by atoms with van der Waals surface area (Å²) in [6.07, 6.45) is 0.618. The molecule has 7 nitrogen and oxygen atoms in total. The highest BCUT2D eigenvalue weighted by Crippen LogP contribution is 2.23. The zero-order chi connectivity index (χ0) is 13.8. The fourth-order valence-electron chi connectivity index (χ4n) is 2.09. The average molecular weight is 266 g/mol. The van der Waals surface area contributed by atoms with Gasteiger partial charge in [-0.1, -0.05) is 0 Å². The summed E-state index contributed by atoms with van der Waals surface area (Å²) in [4.78, 5) is 16.5. The van der Waals surface area contributed by atoms with Crippen molar-refractivity contribution in [1.82, 2.24) is 9.88 Å². The molecule has 2 heterocycles. The second-order valence-electron chi connectivity index (χ2n) is 4.48. The summed E-state index contributed by atoms with van der Waals surface area (Å²) < 4.78 is 5.05. The van der Waals surface area contributed by atoms with Crippen molar-refractivity contribution >= 4 is 17.6 Å². The summed E-state index contributed by atoms with van der Waals surface area (Å²) in [7, 11) is 1.55. The Morgan fingerprint density at radius 3 is 2.79 bits per heavy atom. The molecule has 0 saturated carbocycles. The number of anilines is 2. The summed E-state index contributed by atoms with van der Waals surface area (Å²) in [5, 5.41) is 12.1. The number of hydrogen-bond donors (Lipinski definition) is 3. The predicted molar refractivity (Wildman–Crippen MR) is 71.4 cm³/mol. The van der Waals surface area contributed by atoms with Gasteiger partial charge in [-0.25, -0.2) is 4.79 Å². The van der Waals surface area contributed by atoms with Crippen LogP contribution in [0.15, 0.2) is 12.1 Å². The number of aromatic nitrogens is 1. The molecule has 0 atom stereocenters. The standard InChI is InChI=1S/C12H18N4O3/c1-19-10-3-2-9(13)11(15-10)14-8-4-6-16(7-5-8)12(17)18/h2-3,8H,4-7,13H2,1H3,(H,14,15)(H,17,18). The number of piperidine rings is 1. The molecule has 1 aliphatic rings. The molecule has 19 heavy (non-hydrogen) atoms. The molecule has 104 valence electrons. The molecule has 1 saturated heterocycles. The Morgan fingerprint density at radius 1 is 1.53 bits per heavy atom. The lowest BCUT2D eigenvalue weighted by Crippen LogP contribution is -2.41. The first-order chi connectivity index (χ1) is 9.10. The Balaban J connectivity index is 1.97. The quantitative estimate of drug-likeness (QED) is 0.760. The van der Waals surface area contributed by atoms with E-state index >= 15 is 0 Å². The lowest BCUT2D eigenvalue weighted by atomic mass is 10.1. The normalized spacial score (nSPS) is 16.2. The van der Waals surface area contributed by atoms with Crippen LogP contribution in [0.1, 0.15) is 12.8 Å². The second-order valence-corrected chi connectivity index (χ2v) is 4.48. The Labute approximate surface area is 111 Å². The number of carboxylic acid groups (broad SMARTS) is 1. The van der Waals surface area contributed by atoms with E-state index in [9.17, 15) is 4.79 Å². The second kappa shape index (κ2) is 5.64. The highest BCUT2D eigenvalue weighted by Gasteiger charge is 2.22. The zero-order valence-electron chi connectivity index (χ0n) is 10.8. The highest BCUT2D eigenvalue weighted by molar-refractivity contribution is 5.65. The van der Waals surface area contributed by atoms with Gasteiger partial charge < -0.3 is 25.8 Å². The Morgan fingerprint density at radius 2 is 2.21 bits per heavy atom. The minimum atomic E-state index is -0.863. The minimum Gasteiger partial charge on any atom is -0.481 e. The fourth-order valence-corrected chi connectivity index (χ4v) is 2.09. The number of nitrogens with zero attached hydrogens (tertiary/aromatic N) is 2. The molecule has 1 aliphatic heterocycles. The van der Waals surface area contributed by atoms with Crippen LogP contribution in [0.25, 0.3) is 0 Å². The molecule has 7 heteroatoms. The fraction of sp³-hybridized carbons (Fsp3) is 0.500. The van der Waals surface area contributed by atoms with Crippen LogP contribution in [0.5, 0.6) is 5.88 Å². The number of carbonyl (C=O) groups is 1. The molecule has 1 fully saturated rings.